The number of carbonyl (C=O) groups is 1. The van der Waals surface area contributed by atoms with Crippen LogP contribution >= 0.6 is 11.6 Å². The third-order valence-corrected chi connectivity index (χ3v) is 4.20. The average Bonchev–Trinajstić information content (AvgIpc) is 2.65. The van der Waals surface area contributed by atoms with Crippen molar-refractivity contribution in [3.05, 3.63) is 52.5 Å². The van der Waals surface area contributed by atoms with Gasteiger partial charge in [0.15, 0.2) is 11.5 Å². The Morgan fingerprint density at radius 2 is 2.07 bits per heavy atom. The van der Waals surface area contributed by atoms with E-state index in [4.69, 9.17) is 21.1 Å². The molecule has 1 atom stereocenters. The number of hydrazone groups is 1. The summed E-state index contributed by atoms with van der Waals surface area (Å²) in [5, 5.41) is 7.10. The molecule has 2 rings (SSSR count). The minimum absolute atomic E-state index is 0.0164. The van der Waals surface area contributed by atoms with Crippen LogP contribution in [0.15, 0.2) is 41.5 Å². The van der Waals surface area contributed by atoms with Crippen LogP contribution in [0.3, 0.4) is 0 Å². The molecule has 0 bridgehead atoms. The van der Waals surface area contributed by atoms with Crippen molar-refractivity contribution in [1.29, 1.82) is 0 Å². The summed E-state index contributed by atoms with van der Waals surface area (Å²) < 4.78 is 11.2. The number of benzene rings is 2. The zero-order chi connectivity index (χ0) is 19.8. The number of aryl methyl sites for hydroxylation is 1. The van der Waals surface area contributed by atoms with Gasteiger partial charge in [0.25, 0.3) is 0 Å². The molecule has 6 nitrogen and oxygen atoms in total. The van der Waals surface area contributed by atoms with Gasteiger partial charge in [-0.1, -0.05) is 36.7 Å². The molecule has 2 aromatic carbocycles. The van der Waals surface area contributed by atoms with Crippen molar-refractivity contribution in [2.75, 3.05) is 12.4 Å². The van der Waals surface area contributed by atoms with Gasteiger partial charge in [0.1, 0.15) is 0 Å². The fourth-order valence-corrected chi connectivity index (χ4v) is 2.51. The van der Waals surface area contributed by atoms with Crippen molar-refractivity contribution in [3.63, 3.8) is 0 Å². The second kappa shape index (κ2) is 9.83. The first-order chi connectivity index (χ1) is 12.9. The van der Waals surface area contributed by atoms with E-state index in [9.17, 15) is 4.79 Å². The molecule has 1 unspecified atom stereocenters. The highest BCUT2D eigenvalue weighted by Gasteiger charge is 2.14. The molecule has 0 aromatic heterocycles. The van der Waals surface area contributed by atoms with Gasteiger partial charge in [-0.05, 0) is 49.6 Å². The van der Waals surface area contributed by atoms with Gasteiger partial charge in [0.2, 0.25) is 0 Å². The number of urea groups is 1. The molecule has 0 radical (unpaired) electrons. The van der Waals surface area contributed by atoms with E-state index in [2.05, 4.69) is 15.8 Å². The van der Waals surface area contributed by atoms with Crippen LogP contribution in [-0.2, 0) is 0 Å². The lowest BCUT2D eigenvalue weighted by molar-refractivity contribution is 0.208. The molecule has 0 spiro atoms. The van der Waals surface area contributed by atoms with E-state index in [1.807, 2.05) is 45.0 Å². The molecular weight excluding hydrogens is 366 g/mol. The molecular formula is C20H24ClN3O3. The van der Waals surface area contributed by atoms with Crippen LogP contribution in [0.5, 0.6) is 11.5 Å². The van der Waals surface area contributed by atoms with Crippen LogP contribution in [0.4, 0.5) is 10.5 Å². The Morgan fingerprint density at radius 3 is 2.74 bits per heavy atom. The smallest absolute Gasteiger partial charge is 0.339 e. The standard InChI is InChI=1S/C20H24ClN3O3/c1-5-14(3)27-19-16(21)10-15(11-18(19)26-4)12-22-24-20(25)23-17-9-7-6-8-13(17)2/h6-12,14H,5H2,1-4H3,(H2,23,24,25). The summed E-state index contributed by atoms with van der Waals surface area (Å²) in [6.07, 6.45) is 2.35. The predicted octanol–water partition coefficient (Wildman–Crippen LogP) is 4.99. The number of para-hydroxylation sites is 1. The molecule has 0 saturated heterocycles. The largest absolute Gasteiger partial charge is 0.493 e. The molecule has 0 aliphatic rings. The van der Waals surface area contributed by atoms with Gasteiger partial charge in [0.05, 0.1) is 24.5 Å². The Hall–Kier alpha value is -2.73. The average molecular weight is 390 g/mol. The van der Waals surface area contributed by atoms with Crippen molar-refractivity contribution >= 4 is 29.5 Å². The van der Waals surface area contributed by atoms with Crippen LogP contribution in [0.1, 0.15) is 31.4 Å². The SMILES string of the molecule is CCC(C)Oc1c(Cl)cc(C=NNC(=O)Nc2ccccc2C)cc1OC. The number of hydrogen-bond donors (Lipinski definition) is 2. The van der Waals surface area contributed by atoms with Crippen LogP contribution in [0.2, 0.25) is 5.02 Å². The monoisotopic (exact) mass is 389 g/mol. The van der Waals surface area contributed by atoms with Gasteiger partial charge < -0.3 is 14.8 Å². The molecule has 2 amide bonds. The van der Waals surface area contributed by atoms with E-state index < -0.39 is 6.03 Å². The second-order valence-corrected chi connectivity index (χ2v) is 6.42. The van der Waals surface area contributed by atoms with E-state index in [-0.39, 0.29) is 6.10 Å². The number of carbonyl (C=O) groups excluding carboxylic acids is 1. The number of methoxy groups -OCH3 is 1. The highest BCUT2D eigenvalue weighted by molar-refractivity contribution is 6.32. The molecule has 0 saturated carbocycles. The number of nitrogens with one attached hydrogen (secondary N) is 2. The Bertz CT molecular complexity index is 824. The lowest BCUT2D eigenvalue weighted by Crippen LogP contribution is -2.24. The summed E-state index contributed by atoms with van der Waals surface area (Å²) in [5.41, 5.74) is 4.78. The van der Waals surface area contributed by atoms with Crippen LogP contribution in [0, 0.1) is 6.92 Å². The third kappa shape index (κ3) is 5.89. The van der Waals surface area contributed by atoms with Gasteiger partial charge in [-0.2, -0.15) is 5.10 Å². The van der Waals surface area contributed by atoms with Crippen LogP contribution < -0.4 is 20.2 Å². The highest BCUT2D eigenvalue weighted by atomic mass is 35.5. The van der Waals surface area contributed by atoms with E-state index in [1.165, 1.54) is 6.21 Å². The third-order valence-electron chi connectivity index (χ3n) is 3.92. The fourth-order valence-electron chi connectivity index (χ4n) is 2.24. The highest BCUT2D eigenvalue weighted by Crippen LogP contribution is 2.37. The number of ether oxygens (including phenoxy) is 2. The second-order valence-electron chi connectivity index (χ2n) is 6.01. The Labute approximate surface area is 164 Å². The van der Waals surface area contributed by atoms with Crippen molar-refractivity contribution in [2.45, 2.75) is 33.3 Å². The zero-order valence-electron chi connectivity index (χ0n) is 15.9. The fraction of sp³-hybridized carbons (Fsp3) is 0.300. The van der Waals surface area contributed by atoms with Crippen molar-refractivity contribution in [3.8, 4) is 11.5 Å². The van der Waals surface area contributed by atoms with Gasteiger partial charge in [0, 0.05) is 5.69 Å². The molecule has 0 heterocycles. The quantitative estimate of drug-likeness (QED) is 0.517. The molecule has 0 aliphatic heterocycles. The van der Waals surface area contributed by atoms with E-state index >= 15 is 0 Å². The molecule has 0 fully saturated rings. The summed E-state index contributed by atoms with van der Waals surface area (Å²) in [5.74, 6) is 1.00. The Balaban J connectivity index is 2.05. The van der Waals surface area contributed by atoms with Crippen LogP contribution in [0.25, 0.3) is 0 Å². The molecule has 2 N–H and O–H groups in total. The maximum absolute atomic E-state index is 11.9. The van der Waals surface area contributed by atoms with E-state index in [1.54, 1.807) is 19.2 Å². The van der Waals surface area contributed by atoms with Gasteiger partial charge >= 0.3 is 6.03 Å². The first-order valence-electron chi connectivity index (χ1n) is 8.64. The predicted molar refractivity (Wildman–Crippen MR) is 109 cm³/mol. The first-order valence-corrected chi connectivity index (χ1v) is 9.02. The minimum atomic E-state index is -0.435. The van der Waals surface area contributed by atoms with Gasteiger partial charge in [-0.25, -0.2) is 10.2 Å². The summed E-state index contributed by atoms with van der Waals surface area (Å²) in [6.45, 7) is 5.90. The normalized spacial score (nSPS) is 11.9. The maximum atomic E-state index is 11.9. The molecule has 2 aromatic rings. The molecule has 27 heavy (non-hydrogen) atoms. The van der Waals surface area contributed by atoms with E-state index in [0.29, 0.717) is 22.1 Å². The maximum Gasteiger partial charge on any atom is 0.339 e. The first kappa shape index (κ1) is 20.6. The number of amides is 2. The summed E-state index contributed by atoms with van der Waals surface area (Å²) >= 11 is 6.31. The number of rotatable bonds is 7. The summed E-state index contributed by atoms with van der Waals surface area (Å²) in [4.78, 5) is 11.9. The zero-order valence-corrected chi connectivity index (χ0v) is 16.6. The summed E-state index contributed by atoms with van der Waals surface area (Å²) in [7, 11) is 1.55. The number of nitrogens with zero attached hydrogens (tertiary/aromatic N) is 1. The van der Waals surface area contributed by atoms with Crippen molar-refractivity contribution in [2.24, 2.45) is 5.10 Å². The molecule has 7 heteroatoms. The minimum Gasteiger partial charge on any atom is -0.493 e. The van der Waals surface area contributed by atoms with Gasteiger partial charge in [-0.15, -0.1) is 0 Å². The van der Waals surface area contributed by atoms with Crippen molar-refractivity contribution in [1.82, 2.24) is 5.43 Å². The lowest BCUT2D eigenvalue weighted by Gasteiger charge is -2.17. The van der Waals surface area contributed by atoms with Crippen LogP contribution in [-0.4, -0.2) is 25.5 Å². The summed E-state index contributed by atoms with van der Waals surface area (Å²) in [6, 6.07) is 10.5. The van der Waals surface area contributed by atoms with Crippen molar-refractivity contribution < 1.29 is 14.3 Å². The lowest BCUT2D eigenvalue weighted by atomic mass is 10.2. The molecule has 144 valence electrons. The number of hydrogen-bond acceptors (Lipinski definition) is 4. The number of halogens is 1. The topological polar surface area (TPSA) is 72.0 Å². The number of anilines is 1. The van der Waals surface area contributed by atoms with Gasteiger partial charge in [-0.3, -0.25) is 0 Å². The molecule has 0 aliphatic carbocycles. The van der Waals surface area contributed by atoms with E-state index in [0.717, 1.165) is 17.7 Å². The Morgan fingerprint density at radius 1 is 1.33 bits per heavy atom. The Kier molecular flexibility index (Phi) is 7.49.